The Morgan fingerprint density at radius 3 is 3.00 bits per heavy atom. The summed E-state index contributed by atoms with van der Waals surface area (Å²) in [5.41, 5.74) is 0.284. The molecule has 1 atom stereocenters. The first-order valence-corrected chi connectivity index (χ1v) is 8.42. The number of anilines is 1. The second-order valence-electron chi connectivity index (χ2n) is 6.30. The maximum atomic E-state index is 12.1. The minimum Gasteiger partial charge on any atom is -0.451 e. The summed E-state index contributed by atoms with van der Waals surface area (Å²) in [6.07, 6.45) is 11.7. The molecular weight excluding hydrogens is 334 g/mol. The Bertz CT molecular complexity index is 859. The van der Waals surface area contributed by atoms with Gasteiger partial charge in [0.15, 0.2) is 12.1 Å². The zero-order chi connectivity index (χ0) is 17.9. The van der Waals surface area contributed by atoms with Gasteiger partial charge in [0.25, 0.3) is 5.91 Å². The lowest BCUT2D eigenvalue weighted by molar-refractivity contribution is 0.0945. The van der Waals surface area contributed by atoms with E-state index in [4.69, 9.17) is 4.42 Å². The normalized spacial score (nSPS) is 14.8. The van der Waals surface area contributed by atoms with Crippen molar-refractivity contribution >= 4 is 11.7 Å². The summed E-state index contributed by atoms with van der Waals surface area (Å²) in [5.74, 6) is 1.85. The SMILES string of the molecule is CN(c1cc(-n2ccnc2)ncn1)C(CNC(=O)c1cocn1)C1CC1. The lowest BCUT2D eigenvalue weighted by atomic mass is 10.1. The van der Waals surface area contributed by atoms with Crippen molar-refractivity contribution < 1.29 is 9.21 Å². The quantitative estimate of drug-likeness (QED) is 0.683. The molecule has 0 aromatic carbocycles. The number of hydrogen-bond donors (Lipinski definition) is 1. The van der Waals surface area contributed by atoms with Gasteiger partial charge in [-0.15, -0.1) is 0 Å². The van der Waals surface area contributed by atoms with E-state index < -0.39 is 0 Å². The molecule has 1 amide bonds. The molecule has 1 aliphatic carbocycles. The first kappa shape index (κ1) is 16.2. The molecule has 134 valence electrons. The van der Waals surface area contributed by atoms with Crippen LogP contribution >= 0.6 is 0 Å². The molecule has 9 nitrogen and oxygen atoms in total. The predicted octanol–water partition coefficient (Wildman–Crippen LogP) is 1.30. The molecule has 1 N–H and O–H groups in total. The van der Waals surface area contributed by atoms with Crippen LogP contribution in [0.3, 0.4) is 0 Å². The Morgan fingerprint density at radius 2 is 2.31 bits per heavy atom. The van der Waals surface area contributed by atoms with Crippen LogP contribution in [-0.4, -0.2) is 50.0 Å². The second kappa shape index (κ2) is 6.95. The summed E-state index contributed by atoms with van der Waals surface area (Å²) in [4.78, 5) is 30.8. The van der Waals surface area contributed by atoms with Crippen LogP contribution in [0.1, 0.15) is 23.3 Å². The lowest BCUT2D eigenvalue weighted by Gasteiger charge is -2.29. The third-order valence-corrected chi connectivity index (χ3v) is 4.57. The number of nitrogens with zero attached hydrogens (tertiary/aromatic N) is 6. The molecule has 0 radical (unpaired) electrons. The van der Waals surface area contributed by atoms with Crippen molar-refractivity contribution in [1.29, 1.82) is 0 Å². The van der Waals surface area contributed by atoms with Crippen LogP contribution in [0.4, 0.5) is 5.82 Å². The number of imidazole rings is 1. The molecule has 0 spiro atoms. The molecule has 1 unspecified atom stereocenters. The highest BCUT2D eigenvalue weighted by molar-refractivity contribution is 5.91. The molecular formula is C17H19N7O2. The maximum Gasteiger partial charge on any atom is 0.273 e. The summed E-state index contributed by atoms with van der Waals surface area (Å²) in [6.45, 7) is 0.511. The summed E-state index contributed by atoms with van der Waals surface area (Å²) >= 11 is 0. The molecule has 1 fully saturated rings. The smallest absolute Gasteiger partial charge is 0.273 e. The van der Waals surface area contributed by atoms with Crippen molar-refractivity contribution in [3.8, 4) is 5.82 Å². The number of carbonyl (C=O) groups is 1. The van der Waals surface area contributed by atoms with Gasteiger partial charge in [-0.05, 0) is 18.8 Å². The third-order valence-electron chi connectivity index (χ3n) is 4.57. The first-order valence-electron chi connectivity index (χ1n) is 8.42. The highest BCUT2D eigenvalue weighted by atomic mass is 16.3. The van der Waals surface area contributed by atoms with Crippen LogP contribution in [0, 0.1) is 5.92 Å². The summed E-state index contributed by atoms with van der Waals surface area (Å²) < 4.78 is 6.69. The van der Waals surface area contributed by atoms with Crippen molar-refractivity contribution in [2.45, 2.75) is 18.9 Å². The highest BCUT2D eigenvalue weighted by Gasteiger charge is 2.35. The van der Waals surface area contributed by atoms with E-state index in [1.807, 2.05) is 23.9 Å². The molecule has 4 rings (SSSR count). The Labute approximate surface area is 150 Å². The van der Waals surface area contributed by atoms with Crippen LogP contribution in [0.2, 0.25) is 0 Å². The molecule has 0 saturated heterocycles. The Hall–Kier alpha value is -3.23. The van der Waals surface area contributed by atoms with Gasteiger partial charge in [-0.25, -0.2) is 19.9 Å². The number of amides is 1. The van der Waals surface area contributed by atoms with E-state index >= 15 is 0 Å². The van der Waals surface area contributed by atoms with Gasteiger partial charge in [-0.2, -0.15) is 0 Å². The minimum absolute atomic E-state index is 0.149. The molecule has 3 aromatic rings. The van der Waals surface area contributed by atoms with Crippen LogP contribution in [0.5, 0.6) is 0 Å². The number of likely N-dealkylation sites (N-methyl/N-ethyl adjacent to an activating group) is 1. The summed E-state index contributed by atoms with van der Waals surface area (Å²) in [6, 6.07) is 2.06. The van der Waals surface area contributed by atoms with Gasteiger partial charge in [-0.1, -0.05) is 0 Å². The summed E-state index contributed by atoms with van der Waals surface area (Å²) in [5, 5.41) is 2.94. The second-order valence-corrected chi connectivity index (χ2v) is 6.30. The van der Waals surface area contributed by atoms with E-state index in [9.17, 15) is 4.79 Å². The standard InChI is InChI=1S/C17H19N7O2/c1-23(15-6-16(21-9-20-15)24-5-4-18-10-24)14(12-2-3-12)7-19-17(25)13-8-26-11-22-13/h4-6,8-12,14H,2-3,7H2,1H3,(H,19,25). The largest absolute Gasteiger partial charge is 0.451 e. The maximum absolute atomic E-state index is 12.1. The van der Waals surface area contributed by atoms with E-state index in [1.165, 1.54) is 12.7 Å². The molecule has 3 aromatic heterocycles. The van der Waals surface area contributed by atoms with Crippen LogP contribution < -0.4 is 10.2 Å². The van der Waals surface area contributed by atoms with Crippen molar-refractivity contribution in [3.63, 3.8) is 0 Å². The Morgan fingerprint density at radius 1 is 1.42 bits per heavy atom. The number of oxazole rings is 1. The van der Waals surface area contributed by atoms with E-state index in [-0.39, 0.29) is 17.6 Å². The number of carbonyl (C=O) groups excluding carboxylic acids is 1. The molecule has 1 saturated carbocycles. The van der Waals surface area contributed by atoms with Gasteiger partial charge < -0.3 is 14.6 Å². The number of rotatable bonds is 7. The van der Waals surface area contributed by atoms with E-state index in [0.717, 1.165) is 24.5 Å². The van der Waals surface area contributed by atoms with Crippen LogP contribution in [-0.2, 0) is 0 Å². The van der Waals surface area contributed by atoms with Gasteiger partial charge in [0, 0.05) is 32.1 Å². The van der Waals surface area contributed by atoms with Gasteiger partial charge in [0.2, 0.25) is 0 Å². The fourth-order valence-electron chi connectivity index (χ4n) is 2.95. The predicted molar refractivity (Wildman–Crippen MR) is 92.9 cm³/mol. The van der Waals surface area contributed by atoms with Crippen molar-refractivity contribution in [1.82, 2.24) is 29.8 Å². The zero-order valence-corrected chi connectivity index (χ0v) is 14.3. The lowest BCUT2D eigenvalue weighted by Crippen LogP contribution is -2.44. The van der Waals surface area contributed by atoms with Crippen LogP contribution in [0.15, 0.2) is 48.2 Å². The molecule has 0 bridgehead atoms. The van der Waals surface area contributed by atoms with Crippen molar-refractivity contribution in [2.75, 3.05) is 18.5 Å². The van der Waals surface area contributed by atoms with Gasteiger partial charge in [0.05, 0.1) is 6.04 Å². The van der Waals surface area contributed by atoms with E-state index in [2.05, 4.69) is 30.2 Å². The van der Waals surface area contributed by atoms with Gasteiger partial charge >= 0.3 is 0 Å². The third kappa shape index (κ3) is 3.41. The van der Waals surface area contributed by atoms with E-state index in [1.54, 1.807) is 18.9 Å². The molecule has 26 heavy (non-hydrogen) atoms. The molecule has 0 aliphatic heterocycles. The number of nitrogens with one attached hydrogen (secondary N) is 1. The average Bonchev–Trinajstić information content (AvgIpc) is 3.16. The molecule has 9 heteroatoms. The number of hydrogen-bond acceptors (Lipinski definition) is 7. The zero-order valence-electron chi connectivity index (χ0n) is 14.3. The van der Waals surface area contributed by atoms with Crippen molar-refractivity contribution in [2.24, 2.45) is 5.92 Å². The topological polar surface area (TPSA) is 102 Å². The van der Waals surface area contributed by atoms with E-state index in [0.29, 0.717) is 12.5 Å². The average molecular weight is 353 g/mol. The molecule has 1 aliphatic rings. The molecule has 3 heterocycles. The fraction of sp³-hybridized carbons (Fsp3) is 0.353. The first-order chi connectivity index (χ1) is 12.7. The Kier molecular flexibility index (Phi) is 4.34. The fourth-order valence-corrected chi connectivity index (χ4v) is 2.95. The monoisotopic (exact) mass is 353 g/mol. The highest BCUT2D eigenvalue weighted by Crippen LogP contribution is 2.36. The number of aromatic nitrogens is 5. The van der Waals surface area contributed by atoms with Crippen LogP contribution in [0.25, 0.3) is 5.82 Å². The van der Waals surface area contributed by atoms with Gasteiger partial charge in [-0.3, -0.25) is 9.36 Å². The minimum atomic E-state index is -0.236. The van der Waals surface area contributed by atoms with Crippen molar-refractivity contribution in [3.05, 3.63) is 49.5 Å². The van der Waals surface area contributed by atoms with Gasteiger partial charge in [0.1, 0.15) is 30.6 Å². The Balaban J connectivity index is 1.48. The summed E-state index contributed by atoms with van der Waals surface area (Å²) in [7, 11) is 1.99.